The number of aromatic nitrogens is 1. The first-order valence-electron chi connectivity index (χ1n) is 4.91. The molecule has 0 radical (unpaired) electrons. The van der Waals surface area contributed by atoms with Gasteiger partial charge in [0, 0.05) is 11.8 Å². The molecular weight excluding hydrogens is 250 g/mol. The van der Waals surface area contributed by atoms with Crippen LogP contribution >= 0.6 is 0 Å². The minimum Gasteiger partial charge on any atom is -0.406 e. The van der Waals surface area contributed by atoms with Crippen molar-refractivity contribution >= 4 is 0 Å². The molecule has 2 aromatic rings. The summed E-state index contributed by atoms with van der Waals surface area (Å²) in [5.41, 5.74) is 1.03. The number of benzene rings is 1. The second kappa shape index (κ2) is 4.64. The molecule has 0 spiro atoms. The lowest BCUT2D eigenvalue weighted by Gasteiger charge is -2.09. The molecule has 0 unspecified atom stereocenters. The zero-order valence-electron chi connectivity index (χ0n) is 8.91. The Kier molecular flexibility index (Phi) is 3.18. The Labute approximate surface area is 99.8 Å². The van der Waals surface area contributed by atoms with E-state index in [4.69, 9.17) is 0 Å². The number of halogens is 4. The molecule has 2 rings (SSSR count). The average molecular weight is 257 g/mol. The fourth-order valence-corrected chi connectivity index (χ4v) is 1.42. The molecule has 2 nitrogen and oxygen atoms in total. The van der Waals surface area contributed by atoms with Crippen LogP contribution in [0.5, 0.6) is 5.75 Å². The number of alkyl halides is 3. The van der Waals surface area contributed by atoms with Crippen molar-refractivity contribution in [2.45, 2.75) is 6.36 Å². The van der Waals surface area contributed by atoms with E-state index >= 15 is 0 Å². The van der Waals surface area contributed by atoms with E-state index in [9.17, 15) is 17.6 Å². The van der Waals surface area contributed by atoms with Gasteiger partial charge in [0.15, 0.2) is 0 Å². The normalized spacial score (nSPS) is 11.3. The lowest BCUT2D eigenvalue weighted by Crippen LogP contribution is -2.16. The molecule has 0 saturated carbocycles. The molecule has 0 aliphatic rings. The van der Waals surface area contributed by atoms with E-state index in [1.165, 1.54) is 24.4 Å². The van der Waals surface area contributed by atoms with E-state index in [0.717, 1.165) is 18.3 Å². The number of hydrogen-bond donors (Lipinski definition) is 0. The topological polar surface area (TPSA) is 22.1 Å². The number of pyridine rings is 1. The summed E-state index contributed by atoms with van der Waals surface area (Å²) in [5.74, 6) is -0.835. The average Bonchev–Trinajstić information content (AvgIpc) is 2.28. The van der Waals surface area contributed by atoms with Gasteiger partial charge in [-0.05, 0) is 23.8 Å². The molecule has 1 aromatic heterocycles. The van der Waals surface area contributed by atoms with Gasteiger partial charge in [-0.15, -0.1) is 13.2 Å². The zero-order chi connectivity index (χ0) is 13.2. The summed E-state index contributed by atoms with van der Waals surface area (Å²) in [6.07, 6.45) is -2.25. The van der Waals surface area contributed by atoms with Crippen molar-refractivity contribution in [1.82, 2.24) is 4.98 Å². The summed E-state index contributed by atoms with van der Waals surface area (Å²) >= 11 is 0. The van der Waals surface area contributed by atoms with Crippen molar-refractivity contribution in [3.05, 3.63) is 48.5 Å². The molecule has 1 aromatic carbocycles. The van der Waals surface area contributed by atoms with Crippen LogP contribution in [0.25, 0.3) is 11.1 Å². The fourth-order valence-electron chi connectivity index (χ4n) is 1.42. The van der Waals surface area contributed by atoms with E-state index in [1.54, 1.807) is 0 Å². The van der Waals surface area contributed by atoms with Crippen molar-refractivity contribution in [2.75, 3.05) is 0 Å². The van der Waals surface area contributed by atoms with E-state index < -0.39 is 12.2 Å². The van der Waals surface area contributed by atoms with E-state index in [0.29, 0.717) is 11.1 Å². The Balaban J connectivity index is 2.22. The van der Waals surface area contributed by atoms with Crippen molar-refractivity contribution in [3.8, 4) is 16.9 Å². The van der Waals surface area contributed by atoms with Gasteiger partial charge in [-0.2, -0.15) is 0 Å². The van der Waals surface area contributed by atoms with Crippen LogP contribution in [-0.4, -0.2) is 11.3 Å². The first-order valence-corrected chi connectivity index (χ1v) is 4.91. The lowest BCUT2D eigenvalue weighted by atomic mass is 10.1. The van der Waals surface area contributed by atoms with E-state index in [2.05, 4.69) is 9.72 Å². The van der Waals surface area contributed by atoms with E-state index in [1.807, 2.05) is 0 Å². The highest BCUT2D eigenvalue weighted by molar-refractivity contribution is 5.63. The summed E-state index contributed by atoms with van der Waals surface area (Å²) in [7, 11) is 0. The highest BCUT2D eigenvalue weighted by Crippen LogP contribution is 2.26. The monoisotopic (exact) mass is 257 g/mol. The van der Waals surface area contributed by atoms with Gasteiger partial charge in [0.1, 0.15) is 11.6 Å². The maximum atomic E-state index is 12.9. The molecule has 94 valence electrons. The first kappa shape index (κ1) is 12.3. The van der Waals surface area contributed by atoms with Crippen molar-refractivity contribution in [1.29, 1.82) is 0 Å². The third kappa shape index (κ3) is 3.19. The maximum absolute atomic E-state index is 12.9. The number of ether oxygens (including phenoxy) is 1. The lowest BCUT2D eigenvalue weighted by molar-refractivity contribution is -0.274. The summed E-state index contributed by atoms with van der Waals surface area (Å²) < 4.78 is 52.5. The second-order valence-electron chi connectivity index (χ2n) is 3.46. The standard InChI is InChI=1S/C12H7F4NO/c13-10-5-9(6-17-7-10)8-1-3-11(4-2-8)18-12(14,15)16/h1-7H. The highest BCUT2D eigenvalue weighted by atomic mass is 19.4. The van der Waals surface area contributed by atoms with Gasteiger partial charge in [-0.1, -0.05) is 12.1 Å². The Bertz CT molecular complexity index is 537. The van der Waals surface area contributed by atoms with Crippen LogP contribution in [-0.2, 0) is 0 Å². The van der Waals surface area contributed by atoms with Gasteiger partial charge in [0.25, 0.3) is 0 Å². The molecule has 1 heterocycles. The molecule has 0 fully saturated rings. The summed E-state index contributed by atoms with van der Waals surface area (Å²) in [6.45, 7) is 0. The molecule has 0 amide bonds. The Hall–Kier alpha value is -2.11. The Morgan fingerprint density at radius 3 is 2.17 bits per heavy atom. The van der Waals surface area contributed by atoms with Gasteiger partial charge >= 0.3 is 6.36 Å². The van der Waals surface area contributed by atoms with Crippen molar-refractivity contribution < 1.29 is 22.3 Å². The molecule has 18 heavy (non-hydrogen) atoms. The maximum Gasteiger partial charge on any atom is 0.573 e. The highest BCUT2D eigenvalue weighted by Gasteiger charge is 2.30. The van der Waals surface area contributed by atoms with Crippen LogP contribution in [0.4, 0.5) is 17.6 Å². The minimum atomic E-state index is -4.72. The predicted octanol–water partition coefficient (Wildman–Crippen LogP) is 3.79. The molecule has 0 bridgehead atoms. The number of rotatable bonds is 2. The SMILES string of the molecule is Fc1cncc(-c2ccc(OC(F)(F)F)cc2)c1. The van der Waals surface area contributed by atoms with Gasteiger partial charge < -0.3 is 4.74 Å². The number of hydrogen-bond acceptors (Lipinski definition) is 2. The van der Waals surface area contributed by atoms with Crippen LogP contribution in [0.15, 0.2) is 42.7 Å². The fraction of sp³-hybridized carbons (Fsp3) is 0.0833. The molecular formula is C12H7F4NO. The second-order valence-corrected chi connectivity index (χ2v) is 3.46. The quantitative estimate of drug-likeness (QED) is 0.764. The largest absolute Gasteiger partial charge is 0.573 e. The Morgan fingerprint density at radius 2 is 1.61 bits per heavy atom. The minimum absolute atomic E-state index is 0.324. The Morgan fingerprint density at radius 1 is 0.944 bits per heavy atom. The van der Waals surface area contributed by atoms with Crippen LogP contribution < -0.4 is 4.74 Å². The van der Waals surface area contributed by atoms with Crippen molar-refractivity contribution in [3.63, 3.8) is 0 Å². The van der Waals surface area contributed by atoms with Gasteiger partial charge in [0.05, 0.1) is 6.20 Å². The molecule has 0 aliphatic carbocycles. The number of nitrogens with zero attached hydrogens (tertiary/aromatic N) is 1. The van der Waals surface area contributed by atoms with Crippen LogP contribution in [0.1, 0.15) is 0 Å². The third-order valence-corrected chi connectivity index (χ3v) is 2.13. The van der Waals surface area contributed by atoms with Crippen LogP contribution in [0, 0.1) is 5.82 Å². The summed E-state index contributed by atoms with van der Waals surface area (Å²) in [6, 6.07) is 6.36. The molecule has 0 N–H and O–H groups in total. The molecule has 0 atom stereocenters. The smallest absolute Gasteiger partial charge is 0.406 e. The van der Waals surface area contributed by atoms with Crippen LogP contribution in [0.3, 0.4) is 0 Å². The third-order valence-electron chi connectivity index (χ3n) is 2.13. The molecule has 0 aliphatic heterocycles. The molecule has 6 heteroatoms. The predicted molar refractivity (Wildman–Crippen MR) is 56.3 cm³/mol. The first-order chi connectivity index (χ1) is 8.44. The van der Waals surface area contributed by atoms with Gasteiger partial charge in [0.2, 0.25) is 0 Å². The van der Waals surface area contributed by atoms with Gasteiger partial charge in [-0.3, -0.25) is 4.98 Å². The summed E-state index contributed by atoms with van der Waals surface area (Å²) in [4.78, 5) is 3.66. The van der Waals surface area contributed by atoms with E-state index in [-0.39, 0.29) is 5.75 Å². The molecule has 0 saturated heterocycles. The van der Waals surface area contributed by atoms with Crippen LogP contribution in [0.2, 0.25) is 0 Å². The van der Waals surface area contributed by atoms with Crippen molar-refractivity contribution in [2.24, 2.45) is 0 Å². The zero-order valence-corrected chi connectivity index (χ0v) is 8.91. The summed E-state index contributed by atoms with van der Waals surface area (Å²) in [5, 5.41) is 0. The van der Waals surface area contributed by atoms with Gasteiger partial charge in [-0.25, -0.2) is 4.39 Å².